The molecular formula is C15H15ClN4O3S. The number of rotatable bonds is 3. The second-order valence-corrected chi connectivity index (χ2v) is 7.82. The highest BCUT2D eigenvalue weighted by Gasteiger charge is 2.43. The quantitative estimate of drug-likeness (QED) is 0.824. The predicted molar refractivity (Wildman–Crippen MR) is 89.6 cm³/mol. The lowest BCUT2D eigenvalue weighted by Crippen LogP contribution is -2.30. The van der Waals surface area contributed by atoms with Crippen LogP contribution in [0.3, 0.4) is 0 Å². The lowest BCUT2D eigenvalue weighted by atomic mass is 10.2. The highest BCUT2D eigenvalue weighted by Crippen LogP contribution is 2.36. The minimum atomic E-state index is -4.01. The summed E-state index contributed by atoms with van der Waals surface area (Å²) < 4.78 is 26.1. The third-order valence-electron chi connectivity index (χ3n) is 3.60. The van der Waals surface area contributed by atoms with Crippen LogP contribution in [0.5, 0.6) is 0 Å². The minimum absolute atomic E-state index is 0.0301. The average molecular weight is 367 g/mol. The second-order valence-electron chi connectivity index (χ2n) is 5.61. The van der Waals surface area contributed by atoms with Crippen LogP contribution < -0.4 is 4.90 Å². The predicted octanol–water partition coefficient (Wildman–Crippen LogP) is 1.85. The van der Waals surface area contributed by atoms with Gasteiger partial charge in [0.25, 0.3) is 15.9 Å². The van der Waals surface area contributed by atoms with Gasteiger partial charge >= 0.3 is 0 Å². The second kappa shape index (κ2) is 5.71. The maximum atomic E-state index is 12.7. The molecule has 0 spiro atoms. The topological polar surface area (TPSA) is 83.5 Å². The van der Waals surface area contributed by atoms with Crippen molar-refractivity contribution in [2.75, 3.05) is 19.0 Å². The first-order chi connectivity index (χ1) is 11.2. The molecule has 24 heavy (non-hydrogen) atoms. The van der Waals surface area contributed by atoms with E-state index in [0.29, 0.717) is 11.5 Å². The zero-order chi connectivity index (χ0) is 17.6. The van der Waals surface area contributed by atoms with E-state index in [4.69, 9.17) is 11.6 Å². The van der Waals surface area contributed by atoms with Crippen LogP contribution in [0.1, 0.15) is 21.9 Å². The lowest BCUT2D eigenvalue weighted by Gasteiger charge is -2.17. The molecule has 1 aromatic carbocycles. The van der Waals surface area contributed by atoms with Gasteiger partial charge < -0.3 is 4.90 Å². The summed E-state index contributed by atoms with van der Waals surface area (Å²) in [5, 5.41) is 0.0301. The van der Waals surface area contributed by atoms with Crippen molar-refractivity contribution in [2.45, 2.75) is 18.4 Å². The van der Waals surface area contributed by atoms with Crippen molar-refractivity contribution < 1.29 is 13.2 Å². The van der Waals surface area contributed by atoms with E-state index in [1.807, 2.05) is 14.1 Å². The lowest BCUT2D eigenvalue weighted by molar-refractivity contribution is 0.0862. The molecule has 0 saturated carbocycles. The number of carbonyl (C=O) groups excluding carboxylic acids is 1. The Labute approximate surface area is 144 Å². The number of fused-ring (bicyclic) bond motifs is 1. The molecule has 9 heteroatoms. The van der Waals surface area contributed by atoms with E-state index >= 15 is 0 Å². The molecule has 0 saturated heterocycles. The molecule has 0 bridgehead atoms. The Balaban J connectivity index is 2.04. The number of amides is 1. The number of halogens is 1. The van der Waals surface area contributed by atoms with E-state index in [2.05, 4.69) is 9.97 Å². The third kappa shape index (κ3) is 2.61. The summed E-state index contributed by atoms with van der Waals surface area (Å²) in [6, 6.07) is 6.21. The Hall–Kier alpha value is -2.19. The molecule has 7 nitrogen and oxygen atoms in total. The van der Waals surface area contributed by atoms with Crippen molar-refractivity contribution in [3.63, 3.8) is 0 Å². The monoisotopic (exact) mass is 366 g/mol. The van der Waals surface area contributed by atoms with E-state index in [9.17, 15) is 13.2 Å². The smallest absolute Gasteiger partial charge is 0.269 e. The summed E-state index contributed by atoms with van der Waals surface area (Å²) in [5.74, 6) is 0.264. The van der Waals surface area contributed by atoms with Gasteiger partial charge in [0.05, 0.1) is 17.1 Å². The van der Waals surface area contributed by atoms with E-state index in [-0.39, 0.29) is 27.9 Å². The van der Waals surface area contributed by atoms with Crippen molar-refractivity contribution in [1.29, 1.82) is 0 Å². The van der Waals surface area contributed by atoms with Crippen LogP contribution in [-0.2, 0) is 16.6 Å². The third-order valence-corrected chi connectivity index (χ3v) is 5.86. The fraction of sp³-hybridized carbons (Fsp3) is 0.267. The summed E-state index contributed by atoms with van der Waals surface area (Å²) in [6.45, 7) is 1.54. The Bertz CT molecular complexity index is 944. The molecule has 2 heterocycles. The van der Waals surface area contributed by atoms with Gasteiger partial charge in [-0.05, 0) is 19.1 Å². The van der Waals surface area contributed by atoms with Crippen LogP contribution in [-0.4, -0.2) is 42.7 Å². The molecule has 0 unspecified atom stereocenters. The molecule has 0 fully saturated rings. The fourth-order valence-electron chi connectivity index (χ4n) is 2.49. The molecule has 0 aliphatic carbocycles. The van der Waals surface area contributed by atoms with Crippen molar-refractivity contribution in [2.24, 2.45) is 0 Å². The van der Waals surface area contributed by atoms with Crippen LogP contribution in [0, 0.1) is 6.92 Å². The van der Waals surface area contributed by atoms with E-state index in [1.54, 1.807) is 24.0 Å². The summed E-state index contributed by atoms with van der Waals surface area (Å²) in [5.41, 5.74) is 0.756. The SMILES string of the molecule is Cc1cc(N(C)C)nc(CN2C(=O)c3cccc(Cl)c3S2(=O)=O)n1. The minimum Gasteiger partial charge on any atom is -0.363 e. The summed E-state index contributed by atoms with van der Waals surface area (Å²) in [4.78, 5) is 22.7. The Morgan fingerprint density at radius 1 is 1.25 bits per heavy atom. The molecule has 0 N–H and O–H groups in total. The first kappa shape index (κ1) is 16.7. The van der Waals surface area contributed by atoms with Gasteiger partial charge in [0.15, 0.2) is 5.82 Å². The van der Waals surface area contributed by atoms with Crippen LogP contribution in [0.15, 0.2) is 29.2 Å². The summed E-state index contributed by atoms with van der Waals surface area (Å²) in [7, 11) is -0.375. The van der Waals surface area contributed by atoms with Crippen LogP contribution >= 0.6 is 11.6 Å². The molecule has 1 aliphatic heterocycles. The maximum absolute atomic E-state index is 12.7. The van der Waals surface area contributed by atoms with Crippen molar-refractivity contribution in [1.82, 2.24) is 14.3 Å². The standard InChI is InChI=1S/C15H15ClN4O3S/c1-9-7-13(19(2)3)18-12(17-9)8-20-15(21)10-5-4-6-11(16)14(10)24(20,22)23/h4-7H,8H2,1-3H3. The largest absolute Gasteiger partial charge is 0.363 e. The maximum Gasteiger partial charge on any atom is 0.269 e. The van der Waals surface area contributed by atoms with Crippen molar-refractivity contribution >= 4 is 33.3 Å². The molecule has 1 amide bonds. The molecule has 0 atom stereocenters. The van der Waals surface area contributed by atoms with Gasteiger partial charge in [0.1, 0.15) is 10.7 Å². The van der Waals surface area contributed by atoms with E-state index in [1.165, 1.54) is 12.1 Å². The number of carbonyl (C=O) groups is 1. The molecule has 3 rings (SSSR count). The molecule has 1 aromatic heterocycles. The number of benzene rings is 1. The molecule has 126 valence electrons. The van der Waals surface area contributed by atoms with Crippen molar-refractivity contribution in [3.05, 3.63) is 46.4 Å². The molecule has 0 radical (unpaired) electrons. The Kier molecular flexibility index (Phi) is 3.97. The van der Waals surface area contributed by atoms with Crippen LogP contribution in [0.2, 0.25) is 5.02 Å². The normalized spacial score (nSPS) is 15.5. The van der Waals surface area contributed by atoms with Gasteiger partial charge in [-0.2, -0.15) is 0 Å². The van der Waals surface area contributed by atoms with E-state index in [0.717, 1.165) is 4.31 Å². The van der Waals surface area contributed by atoms with Gasteiger partial charge in [-0.25, -0.2) is 22.7 Å². The first-order valence-electron chi connectivity index (χ1n) is 7.09. The van der Waals surface area contributed by atoms with Crippen LogP contribution in [0.25, 0.3) is 0 Å². The van der Waals surface area contributed by atoms with Crippen molar-refractivity contribution in [3.8, 4) is 0 Å². The number of hydrogen-bond donors (Lipinski definition) is 0. The number of aryl methyl sites for hydroxylation is 1. The fourth-order valence-corrected chi connectivity index (χ4v) is 4.53. The number of aromatic nitrogens is 2. The van der Waals surface area contributed by atoms with Crippen LogP contribution in [0.4, 0.5) is 5.82 Å². The number of nitrogens with zero attached hydrogens (tertiary/aromatic N) is 4. The molecule has 1 aliphatic rings. The van der Waals surface area contributed by atoms with Gasteiger partial charge in [0.2, 0.25) is 0 Å². The van der Waals surface area contributed by atoms with Gasteiger partial charge in [-0.15, -0.1) is 0 Å². The molecular weight excluding hydrogens is 352 g/mol. The van der Waals surface area contributed by atoms with Gasteiger partial charge in [-0.3, -0.25) is 4.79 Å². The average Bonchev–Trinajstić information content (AvgIpc) is 2.68. The summed E-state index contributed by atoms with van der Waals surface area (Å²) in [6.07, 6.45) is 0. The zero-order valence-electron chi connectivity index (χ0n) is 13.3. The molecule has 2 aromatic rings. The zero-order valence-corrected chi connectivity index (χ0v) is 14.9. The number of hydrogen-bond acceptors (Lipinski definition) is 6. The summed E-state index contributed by atoms with van der Waals surface area (Å²) >= 11 is 5.98. The highest BCUT2D eigenvalue weighted by molar-refractivity contribution is 7.90. The number of sulfonamides is 1. The van der Waals surface area contributed by atoms with Gasteiger partial charge in [0, 0.05) is 25.9 Å². The highest BCUT2D eigenvalue weighted by atomic mass is 35.5. The van der Waals surface area contributed by atoms with Gasteiger partial charge in [-0.1, -0.05) is 17.7 Å². The Morgan fingerprint density at radius 2 is 1.96 bits per heavy atom. The first-order valence-corrected chi connectivity index (χ1v) is 8.91. The Morgan fingerprint density at radius 3 is 2.58 bits per heavy atom. The van der Waals surface area contributed by atoms with E-state index < -0.39 is 15.9 Å². The number of anilines is 1.